The Kier molecular flexibility index (Phi) is 4.75. The van der Waals surface area contributed by atoms with Crippen LogP contribution in [0, 0.1) is 0 Å². The second-order valence-electron chi connectivity index (χ2n) is 4.96. The van der Waals surface area contributed by atoms with Crippen molar-refractivity contribution in [2.45, 2.75) is 30.5 Å². The van der Waals surface area contributed by atoms with Gasteiger partial charge in [0.15, 0.2) is 0 Å². The minimum atomic E-state index is -4.65. The lowest BCUT2D eigenvalue weighted by Gasteiger charge is -2.19. The molecule has 0 amide bonds. The van der Waals surface area contributed by atoms with Gasteiger partial charge in [-0.3, -0.25) is 0 Å². The van der Waals surface area contributed by atoms with Crippen molar-refractivity contribution in [3.63, 3.8) is 0 Å². The summed E-state index contributed by atoms with van der Waals surface area (Å²) >= 11 is 5.66. The van der Waals surface area contributed by atoms with Gasteiger partial charge in [0.25, 0.3) is 0 Å². The van der Waals surface area contributed by atoms with Crippen LogP contribution in [0.5, 0.6) is 0 Å². The zero-order valence-corrected chi connectivity index (χ0v) is 12.3. The highest BCUT2D eigenvalue weighted by atomic mass is 35.5. The molecule has 0 saturated heterocycles. The van der Waals surface area contributed by atoms with Crippen LogP contribution in [0.25, 0.3) is 0 Å². The predicted molar refractivity (Wildman–Crippen MR) is 69.9 cm³/mol. The molecule has 20 heavy (non-hydrogen) atoms. The minimum absolute atomic E-state index is 0.137. The Labute approximate surface area is 120 Å². The van der Waals surface area contributed by atoms with E-state index in [9.17, 15) is 21.6 Å². The minimum Gasteiger partial charge on any atom is -0.324 e. The maximum atomic E-state index is 12.6. The van der Waals surface area contributed by atoms with Crippen LogP contribution >= 0.6 is 11.6 Å². The summed E-state index contributed by atoms with van der Waals surface area (Å²) in [5, 5.41) is -0.291. The van der Waals surface area contributed by atoms with Crippen LogP contribution in [0.2, 0.25) is 5.02 Å². The number of rotatable bonds is 4. The highest BCUT2D eigenvalue weighted by Gasteiger charge is 2.33. The monoisotopic (exact) mass is 330 g/mol. The van der Waals surface area contributed by atoms with Crippen LogP contribution in [-0.4, -0.2) is 20.5 Å². The summed E-state index contributed by atoms with van der Waals surface area (Å²) in [6.45, 7) is 3.01. The van der Waals surface area contributed by atoms with Crippen molar-refractivity contribution >= 4 is 21.6 Å². The molecule has 4 nitrogen and oxygen atoms in total. The van der Waals surface area contributed by atoms with Crippen LogP contribution in [0.3, 0.4) is 0 Å². The summed E-state index contributed by atoms with van der Waals surface area (Å²) in [5.41, 5.74) is 3.68. The summed E-state index contributed by atoms with van der Waals surface area (Å²) in [5.74, 6) is 0. The number of benzene rings is 1. The average molecular weight is 331 g/mol. The second kappa shape index (κ2) is 5.51. The van der Waals surface area contributed by atoms with Gasteiger partial charge in [0.2, 0.25) is 10.0 Å². The van der Waals surface area contributed by atoms with Gasteiger partial charge in [-0.1, -0.05) is 11.6 Å². The average Bonchev–Trinajstić information content (AvgIpc) is 2.24. The maximum absolute atomic E-state index is 12.6. The lowest BCUT2D eigenvalue weighted by Crippen LogP contribution is -2.45. The van der Waals surface area contributed by atoms with Crippen LogP contribution in [0.1, 0.15) is 19.4 Å². The van der Waals surface area contributed by atoms with Gasteiger partial charge in [0, 0.05) is 12.1 Å². The van der Waals surface area contributed by atoms with Gasteiger partial charge in [-0.15, -0.1) is 0 Å². The molecular weight excluding hydrogens is 317 g/mol. The van der Waals surface area contributed by atoms with Gasteiger partial charge in [0.05, 0.1) is 10.6 Å². The Morgan fingerprint density at radius 3 is 2.30 bits per heavy atom. The molecule has 0 aromatic heterocycles. The van der Waals surface area contributed by atoms with Crippen molar-refractivity contribution in [1.29, 1.82) is 0 Å². The third-order valence-electron chi connectivity index (χ3n) is 2.27. The highest BCUT2D eigenvalue weighted by Crippen LogP contribution is 2.33. The number of halogens is 4. The molecule has 0 heterocycles. The molecule has 1 aromatic rings. The molecule has 0 unspecified atom stereocenters. The van der Waals surface area contributed by atoms with Crippen LogP contribution in [0.15, 0.2) is 23.1 Å². The van der Waals surface area contributed by atoms with Crippen LogP contribution < -0.4 is 10.5 Å². The van der Waals surface area contributed by atoms with E-state index in [0.29, 0.717) is 12.1 Å². The van der Waals surface area contributed by atoms with Crippen molar-refractivity contribution in [2.24, 2.45) is 5.73 Å². The zero-order valence-electron chi connectivity index (χ0n) is 10.8. The largest absolute Gasteiger partial charge is 0.416 e. The Hall–Kier alpha value is -0.830. The summed E-state index contributed by atoms with van der Waals surface area (Å²) in [7, 11) is -4.17. The van der Waals surface area contributed by atoms with Gasteiger partial charge in [-0.2, -0.15) is 13.2 Å². The number of hydrogen-bond acceptors (Lipinski definition) is 3. The van der Waals surface area contributed by atoms with E-state index in [0.717, 1.165) is 6.07 Å². The van der Waals surface area contributed by atoms with E-state index in [-0.39, 0.29) is 11.6 Å². The SMILES string of the molecule is CC(C)(N)CNS(=O)(=O)c1cc(C(F)(F)F)ccc1Cl. The molecule has 0 radical (unpaired) electrons. The third kappa shape index (κ3) is 4.62. The van der Waals surface area contributed by atoms with E-state index in [1.165, 1.54) is 0 Å². The van der Waals surface area contributed by atoms with Crippen LogP contribution in [0.4, 0.5) is 13.2 Å². The van der Waals surface area contributed by atoms with Crippen molar-refractivity contribution in [3.05, 3.63) is 28.8 Å². The van der Waals surface area contributed by atoms with Crippen LogP contribution in [-0.2, 0) is 16.2 Å². The fraction of sp³-hybridized carbons (Fsp3) is 0.455. The molecule has 1 aromatic carbocycles. The second-order valence-corrected chi connectivity index (χ2v) is 7.10. The summed E-state index contributed by atoms with van der Waals surface area (Å²) in [6, 6.07) is 2.11. The number of sulfonamides is 1. The smallest absolute Gasteiger partial charge is 0.324 e. The van der Waals surface area contributed by atoms with Gasteiger partial charge in [0.1, 0.15) is 4.90 Å². The Bertz CT molecular complexity index is 595. The molecule has 0 aliphatic carbocycles. The summed E-state index contributed by atoms with van der Waals surface area (Å²) < 4.78 is 63.8. The standard InChI is InChI=1S/C11H14ClF3N2O2S/c1-10(2,16)6-17-20(18,19)9-5-7(11(13,14)15)3-4-8(9)12/h3-5,17H,6,16H2,1-2H3. The molecule has 0 atom stereocenters. The molecule has 0 saturated carbocycles. The quantitative estimate of drug-likeness (QED) is 0.890. The van der Waals surface area contributed by atoms with Gasteiger partial charge >= 0.3 is 6.18 Å². The van der Waals surface area contributed by atoms with E-state index >= 15 is 0 Å². The van der Waals surface area contributed by atoms with Crippen molar-refractivity contribution in [1.82, 2.24) is 4.72 Å². The molecule has 114 valence electrons. The summed E-state index contributed by atoms with van der Waals surface area (Å²) in [6.07, 6.45) is -4.65. The van der Waals surface area contributed by atoms with E-state index in [1.54, 1.807) is 13.8 Å². The van der Waals surface area contributed by atoms with E-state index in [2.05, 4.69) is 4.72 Å². The number of hydrogen-bond donors (Lipinski definition) is 2. The van der Waals surface area contributed by atoms with Crippen molar-refractivity contribution in [2.75, 3.05) is 6.54 Å². The molecule has 0 aliphatic heterocycles. The van der Waals surface area contributed by atoms with E-state index < -0.39 is 32.2 Å². The lowest BCUT2D eigenvalue weighted by atomic mass is 10.1. The first kappa shape index (κ1) is 17.2. The maximum Gasteiger partial charge on any atom is 0.416 e. The Morgan fingerprint density at radius 1 is 1.30 bits per heavy atom. The molecule has 0 spiro atoms. The van der Waals surface area contributed by atoms with Gasteiger partial charge < -0.3 is 5.73 Å². The van der Waals surface area contributed by atoms with Crippen molar-refractivity contribution < 1.29 is 21.6 Å². The molecule has 3 N–H and O–H groups in total. The Morgan fingerprint density at radius 2 is 1.85 bits per heavy atom. The number of nitrogens with one attached hydrogen (secondary N) is 1. The fourth-order valence-corrected chi connectivity index (χ4v) is 2.99. The fourth-order valence-electron chi connectivity index (χ4n) is 1.24. The lowest BCUT2D eigenvalue weighted by molar-refractivity contribution is -0.137. The molecule has 0 aliphatic rings. The first-order valence-corrected chi connectivity index (χ1v) is 7.34. The zero-order chi connectivity index (χ0) is 15.8. The molecule has 9 heteroatoms. The van der Waals surface area contributed by atoms with E-state index in [1.807, 2.05) is 0 Å². The third-order valence-corrected chi connectivity index (χ3v) is 4.15. The van der Waals surface area contributed by atoms with Crippen molar-refractivity contribution in [3.8, 4) is 0 Å². The normalized spacial score (nSPS) is 13.6. The van der Waals surface area contributed by atoms with Gasteiger partial charge in [-0.05, 0) is 32.0 Å². The molecule has 0 bridgehead atoms. The van der Waals surface area contributed by atoms with E-state index in [4.69, 9.17) is 17.3 Å². The summed E-state index contributed by atoms with van der Waals surface area (Å²) in [4.78, 5) is -0.627. The number of nitrogens with two attached hydrogens (primary N) is 1. The molecular formula is C11H14ClF3N2O2S. The predicted octanol–water partition coefficient (Wildman–Crippen LogP) is 2.37. The molecule has 1 rings (SSSR count). The number of alkyl halides is 3. The molecule has 0 fully saturated rings. The first-order chi connectivity index (χ1) is 8.83. The first-order valence-electron chi connectivity index (χ1n) is 5.48. The topological polar surface area (TPSA) is 72.2 Å². The highest BCUT2D eigenvalue weighted by molar-refractivity contribution is 7.89. The Balaban J connectivity index is 3.18. The van der Waals surface area contributed by atoms with Gasteiger partial charge in [-0.25, -0.2) is 13.1 Å².